The van der Waals surface area contributed by atoms with Gasteiger partial charge in [-0.15, -0.1) is 11.3 Å². The molecule has 2 rings (SSSR count). The SMILES string of the molecule is Cc1ccc(CNC(=O)c2cc(S(=O)(=O)NC(C)(C)C)ccc2C)s1. The molecule has 0 bridgehead atoms. The average Bonchev–Trinajstić information content (AvgIpc) is 2.88. The number of hydrogen-bond donors (Lipinski definition) is 2. The van der Waals surface area contributed by atoms with E-state index in [4.69, 9.17) is 0 Å². The van der Waals surface area contributed by atoms with Crippen LogP contribution < -0.4 is 10.0 Å². The maximum atomic E-state index is 12.5. The monoisotopic (exact) mass is 380 g/mol. The third-order valence-corrected chi connectivity index (χ3v) is 6.18. The predicted molar refractivity (Wildman–Crippen MR) is 101 cm³/mol. The summed E-state index contributed by atoms with van der Waals surface area (Å²) in [4.78, 5) is 14.8. The average molecular weight is 381 g/mol. The second kappa shape index (κ2) is 7.27. The van der Waals surface area contributed by atoms with Gasteiger partial charge in [0.2, 0.25) is 10.0 Å². The van der Waals surface area contributed by atoms with E-state index in [1.807, 2.05) is 19.1 Å². The van der Waals surface area contributed by atoms with Crippen molar-refractivity contribution < 1.29 is 13.2 Å². The van der Waals surface area contributed by atoms with Gasteiger partial charge in [-0.05, 0) is 64.4 Å². The molecule has 1 aromatic carbocycles. The summed E-state index contributed by atoms with van der Waals surface area (Å²) in [5.41, 5.74) is 0.503. The number of amides is 1. The summed E-state index contributed by atoms with van der Waals surface area (Å²) in [6, 6.07) is 8.58. The Labute approximate surface area is 153 Å². The smallest absolute Gasteiger partial charge is 0.251 e. The van der Waals surface area contributed by atoms with Crippen molar-refractivity contribution in [2.75, 3.05) is 0 Å². The Balaban J connectivity index is 2.22. The number of thiophene rings is 1. The number of rotatable bonds is 5. The molecule has 2 N–H and O–H groups in total. The van der Waals surface area contributed by atoms with Crippen LogP contribution in [0, 0.1) is 13.8 Å². The van der Waals surface area contributed by atoms with Crippen LogP contribution in [0.1, 0.15) is 46.4 Å². The molecule has 7 heteroatoms. The number of benzene rings is 1. The van der Waals surface area contributed by atoms with Crippen molar-refractivity contribution in [3.05, 3.63) is 51.2 Å². The fourth-order valence-electron chi connectivity index (χ4n) is 2.32. The van der Waals surface area contributed by atoms with E-state index < -0.39 is 15.6 Å². The fourth-order valence-corrected chi connectivity index (χ4v) is 4.59. The molecule has 0 spiro atoms. The number of hydrogen-bond acceptors (Lipinski definition) is 4. The lowest BCUT2D eigenvalue weighted by atomic mass is 10.1. The Morgan fingerprint density at radius 2 is 1.80 bits per heavy atom. The van der Waals surface area contributed by atoms with Crippen LogP contribution in [0.25, 0.3) is 0 Å². The highest BCUT2D eigenvalue weighted by atomic mass is 32.2. The number of carbonyl (C=O) groups is 1. The van der Waals surface area contributed by atoms with Gasteiger partial charge in [-0.25, -0.2) is 13.1 Å². The molecule has 0 saturated carbocycles. The Morgan fingerprint density at radius 1 is 1.12 bits per heavy atom. The number of sulfonamides is 1. The molecule has 5 nitrogen and oxygen atoms in total. The highest BCUT2D eigenvalue weighted by Crippen LogP contribution is 2.19. The van der Waals surface area contributed by atoms with E-state index in [2.05, 4.69) is 10.0 Å². The van der Waals surface area contributed by atoms with Crippen molar-refractivity contribution in [3.63, 3.8) is 0 Å². The van der Waals surface area contributed by atoms with Crippen molar-refractivity contribution >= 4 is 27.3 Å². The third-order valence-electron chi connectivity index (χ3n) is 3.42. The van der Waals surface area contributed by atoms with Crippen LogP contribution in [0.2, 0.25) is 0 Å². The number of nitrogens with one attached hydrogen (secondary N) is 2. The van der Waals surface area contributed by atoms with Crippen LogP contribution in [-0.2, 0) is 16.6 Å². The molecule has 1 aromatic heterocycles. The minimum absolute atomic E-state index is 0.0881. The van der Waals surface area contributed by atoms with Crippen LogP contribution in [0.15, 0.2) is 35.2 Å². The minimum atomic E-state index is -3.68. The van der Waals surface area contributed by atoms with E-state index in [1.165, 1.54) is 17.0 Å². The Hall–Kier alpha value is -1.70. The number of carbonyl (C=O) groups excluding carboxylic acids is 1. The van der Waals surface area contributed by atoms with E-state index in [0.717, 1.165) is 10.4 Å². The molecule has 0 aliphatic carbocycles. The summed E-state index contributed by atoms with van der Waals surface area (Å²) in [6.07, 6.45) is 0. The summed E-state index contributed by atoms with van der Waals surface area (Å²) in [5, 5.41) is 2.85. The van der Waals surface area contributed by atoms with Gasteiger partial charge in [-0.1, -0.05) is 6.07 Å². The summed E-state index contributed by atoms with van der Waals surface area (Å²) < 4.78 is 27.5. The highest BCUT2D eigenvalue weighted by Gasteiger charge is 2.23. The molecular formula is C18H24N2O3S2. The largest absolute Gasteiger partial charge is 0.347 e. The summed E-state index contributed by atoms with van der Waals surface area (Å²) >= 11 is 1.62. The van der Waals surface area contributed by atoms with Crippen molar-refractivity contribution in [2.24, 2.45) is 0 Å². The second-order valence-corrected chi connectivity index (χ2v) is 10.1. The van der Waals surface area contributed by atoms with Crippen LogP contribution >= 0.6 is 11.3 Å². The molecule has 0 unspecified atom stereocenters. The van der Waals surface area contributed by atoms with Gasteiger partial charge in [-0.2, -0.15) is 0 Å². The zero-order valence-electron chi connectivity index (χ0n) is 15.1. The fraction of sp³-hybridized carbons (Fsp3) is 0.389. The van der Waals surface area contributed by atoms with Crippen molar-refractivity contribution in [1.82, 2.24) is 10.0 Å². The molecule has 1 amide bonds. The van der Waals surface area contributed by atoms with Gasteiger partial charge >= 0.3 is 0 Å². The van der Waals surface area contributed by atoms with Crippen molar-refractivity contribution in [1.29, 1.82) is 0 Å². The molecule has 25 heavy (non-hydrogen) atoms. The first-order valence-electron chi connectivity index (χ1n) is 7.96. The molecule has 0 saturated heterocycles. The maximum absolute atomic E-state index is 12.5. The second-order valence-electron chi connectivity index (χ2n) is 7.03. The summed E-state index contributed by atoms with van der Waals surface area (Å²) in [5.74, 6) is -0.281. The van der Waals surface area contributed by atoms with E-state index in [0.29, 0.717) is 12.1 Å². The first-order valence-corrected chi connectivity index (χ1v) is 10.3. The summed E-state index contributed by atoms with van der Waals surface area (Å²) in [7, 11) is -3.68. The zero-order valence-corrected chi connectivity index (χ0v) is 16.8. The Kier molecular flexibility index (Phi) is 5.71. The van der Waals surface area contributed by atoms with Gasteiger partial charge in [0.1, 0.15) is 0 Å². The normalized spacial score (nSPS) is 12.2. The van der Waals surface area contributed by atoms with Crippen LogP contribution in [0.5, 0.6) is 0 Å². The lowest BCUT2D eigenvalue weighted by Crippen LogP contribution is -2.40. The molecule has 0 radical (unpaired) electrons. The van der Waals surface area contributed by atoms with Crippen molar-refractivity contribution in [3.8, 4) is 0 Å². The minimum Gasteiger partial charge on any atom is -0.347 e. The zero-order chi connectivity index (χ0) is 18.8. The van der Waals surface area contributed by atoms with Gasteiger partial charge in [0.15, 0.2) is 0 Å². The summed E-state index contributed by atoms with van der Waals surface area (Å²) in [6.45, 7) is 9.54. The molecular weight excluding hydrogens is 356 g/mol. The molecule has 2 aromatic rings. The molecule has 0 fully saturated rings. The lowest BCUT2D eigenvalue weighted by molar-refractivity contribution is 0.0950. The van der Waals surface area contributed by atoms with E-state index >= 15 is 0 Å². The van der Waals surface area contributed by atoms with Crippen molar-refractivity contribution in [2.45, 2.75) is 51.6 Å². The Morgan fingerprint density at radius 3 is 2.36 bits per heavy atom. The van der Waals surface area contributed by atoms with Gasteiger partial charge in [0.25, 0.3) is 5.91 Å². The molecule has 0 atom stereocenters. The van der Waals surface area contributed by atoms with Crippen LogP contribution in [-0.4, -0.2) is 19.9 Å². The van der Waals surface area contributed by atoms with Gasteiger partial charge < -0.3 is 5.32 Å². The molecule has 1 heterocycles. The Bertz CT molecular complexity index is 878. The maximum Gasteiger partial charge on any atom is 0.251 e. The van der Waals surface area contributed by atoms with Gasteiger partial charge in [-0.3, -0.25) is 4.79 Å². The van der Waals surface area contributed by atoms with Crippen LogP contribution in [0.4, 0.5) is 0 Å². The number of aryl methyl sites for hydroxylation is 2. The first-order chi connectivity index (χ1) is 11.5. The van der Waals surface area contributed by atoms with Gasteiger partial charge in [0.05, 0.1) is 11.4 Å². The lowest BCUT2D eigenvalue weighted by Gasteiger charge is -2.20. The van der Waals surface area contributed by atoms with E-state index in [-0.39, 0.29) is 10.8 Å². The topological polar surface area (TPSA) is 75.3 Å². The third kappa shape index (κ3) is 5.39. The molecule has 136 valence electrons. The van der Waals surface area contributed by atoms with E-state index in [9.17, 15) is 13.2 Å². The van der Waals surface area contributed by atoms with E-state index in [1.54, 1.807) is 45.1 Å². The molecule has 0 aliphatic rings. The first kappa shape index (κ1) is 19.6. The highest BCUT2D eigenvalue weighted by molar-refractivity contribution is 7.89. The quantitative estimate of drug-likeness (QED) is 0.835. The van der Waals surface area contributed by atoms with Gasteiger partial charge in [0, 0.05) is 20.9 Å². The predicted octanol–water partition coefficient (Wildman–Crippen LogP) is 3.37. The molecule has 0 aliphatic heterocycles. The standard InChI is InChI=1S/C18H24N2O3S2/c1-12-6-9-15(25(22,23)20-18(3,4)5)10-16(12)17(21)19-11-14-8-7-13(2)24-14/h6-10,20H,11H2,1-5H3,(H,19,21). The van der Waals surface area contributed by atoms with Crippen LogP contribution in [0.3, 0.4) is 0 Å².